The Labute approximate surface area is 112 Å². The summed E-state index contributed by atoms with van der Waals surface area (Å²) in [5.74, 6) is 0. The Kier molecular flexibility index (Phi) is 9.48. The van der Waals surface area contributed by atoms with Gasteiger partial charge in [0.05, 0.1) is 13.2 Å². The Morgan fingerprint density at radius 3 is 2.56 bits per heavy atom. The van der Waals surface area contributed by atoms with E-state index in [0.717, 1.165) is 45.4 Å². The summed E-state index contributed by atoms with van der Waals surface area (Å²) in [7, 11) is 0. The van der Waals surface area contributed by atoms with Crippen molar-refractivity contribution in [1.82, 2.24) is 15.5 Å². The van der Waals surface area contributed by atoms with Crippen LogP contribution < -0.4 is 10.6 Å². The molecule has 0 aromatic rings. The van der Waals surface area contributed by atoms with Crippen molar-refractivity contribution in [2.75, 3.05) is 52.5 Å². The van der Waals surface area contributed by atoms with E-state index in [-0.39, 0.29) is 0 Å². The van der Waals surface area contributed by atoms with Crippen LogP contribution in [0, 0.1) is 0 Å². The summed E-state index contributed by atoms with van der Waals surface area (Å²) >= 11 is 0. The zero-order valence-electron chi connectivity index (χ0n) is 12.2. The Hall–Kier alpha value is -0.160. The molecule has 0 bridgehead atoms. The number of likely N-dealkylation sites (tertiary alicyclic amines) is 1. The summed E-state index contributed by atoms with van der Waals surface area (Å²) < 4.78 is 5.64. The van der Waals surface area contributed by atoms with E-state index in [1.165, 1.54) is 32.4 Å². The van der Waals surface area contributed by atoms with E-state index in [9.17, 15) is 0 Å². The molecule has 2 N–H and O–H groups in total. The van der Waals surface area contributed by atoms with Crippen LogP contribution in [0.4, 0.5) is 0 Å². The average Bonchev–Trinajstić information content (AvgIpc) is 2.40. The maximum Gasteiger partial charge on any atom is 0.0594 e. The normalized spacial score (nSPS) is 18.3. The lowest BCUT2D eigenvalue weighted by molar-refractivity contribution is 0.0933. The molecule has 4 nitrogen and oxygen atoms in total. The topological polar surface area (TPSA) is 36.5 Å². The highest BCUT2D eigenvalue weighted by atomic mass is 16.5. The van der Waals surface area contributed by atoms with Crippen molar-refractivity contribution in [2.45, 2.75) is 39.2 Å². The lowest BCUT2D eigenvalue weighted by Gasteiger charge is -2.32. The van der Waals surface area contributed by atoms with Crippen LogP contribution in [0.15, 0.2) is 0 Å². The van der Waals surface area contributed by atoms with E-state index >= 15 is 0 Å². The molecule has 1 aliphatic heterocycles. The molecule has 108 valence electrons. The predicted molar refractivity (Wildman–Crippen MR) is 77.1 cm³/mol. The summed E-state index contributed by atoms with van der Waals surface area (Å²) in [6.45, 7) is 12.8. The van der Waals surface area contributed by atoms with Crippen LogP contribution in [0.1, 0.15) is 33.1 Å². The second-order valence-corrected chi connectivity index (χ2v) is 5.04. The molecule has 1 fully saturated rings. The van der Waals surface area contributed by atoms with Crippen LogP contribution in [0.3, 0.4) is 0 Å². The molecule has 0 aromatic heterocycles. The maximum absolute atomic E-state index is 5.64. The third-order valence-corrected chi connectivity index (χ3v) is 3.48. The molecule has 18 heavy (non-hydrogen) atoms. The number of rotatable bonds is 10. The molecule has 1 saturated heterocycles. The van der Waals surface area contributed by atoms with Gasteiger partial charge in [-0.1, -0.05) is 13.8 Å². The maximum atomic E-state index is 5.64. The fraction of sp³-hybridized carbons (Fsp3) is 1.00. The summed E-state index contributed by atoms with van der Waals surface area (Å²) in [6, 6.07) is 0.741. The lowest BCUT2D eigenvalue weighted by atomic mass is 10.1. The van der Waals surface area contributed by atoms with Crippen molar-refractivity contribution in [3.05, 3.63) is 0 Å². The van der Waals surface area contributed by atoms with Gasteiger partial charge in [0.1, 0.15) is 0 Å². The van der Waals surface area contributed by atoms with E-state index < -0.39 is 0 Å². The minimum Gasteiger partial charge on any atom is -0.379 e. The number of piperidine rings is 1. The van der Waals surface area contributed by atoms with E-state index in [4.69, 9.17) is 4.74 Å². The number of hydrogen-bond donors (Lipinski definition) is 2. The van der Waals surface area contributed by atoms with Crippen molar-refractivity contribution in [3.63, 3.8) is 0 Å². The van der Waals surface area contributed by atoms with Gasteiger partial charge in [0.15, 0.2) is 0 Å². The number of hydrogen-bond acceptors (Lipinski definition) is 4. The van der Waals surface area contributed by atoms with Gasteiger partial charge in [0, 0.05) is 19.1 Å². The molecule has 1 rings (SSSR count). The number of ether oxygens (including phenoxy) is 1. The smallest absolute Gasteiger partial charge is 0.0594 e. The van der Waals surface area contributed by atoms with Gasteiger partial charge in [-0.2, -0.15) is 0 Å². The molecule has 1 heterocycles. The first-order valence-electron chi connectivity index (χ1n) is 7.61. The van der Waals surface area contributed by atoms with Crippen LogP contribution in [-0.2, 0) is 4.74 Å². The third-order valence-electron chi connectivity index (χ3n) is 3.48. The number of nitrogens with one attached hydrogen (secondary N) is 2. The third kappa shape index (κ3) is 7.31. The monoisotopic (exact) mass is 257 g/mol. The molecular formula is C14H31N3O. The fourth-order valence-electron chi connectivity index (χ4n) is 2.39. The Morgan fingerprint density at radius 1 is 1.11 bits per heavy atom. The van der Waals surface area contributed by atoms with Crippen molar-refractivity contribution < 1.29 is 4.74 Å². The molecule has 0 radical (unpaired) electrons. The minimum atomic E-state index is 0.741. The first-order chi connectivity index (χ1) is 8.86. The molecule has 0 unspecified atom stereocenters. The first kappa shape index (κ1) is 15.9. The van der Waals surface area contributed by atoms with Gasteiger partial charge < -0.3 is 20.3 Å². The standard InChI is InChI=1S/C14H31N3O/c1-3-7-15-8-12-18-13-11-17-9-5-14(6-10-17)16-4-2/h14-16H,3-13H2,1-2H3. The average molecular weight is 257 g/mol. The van der Waals surface area contributed by atoms with Crippen LogP contribution in [0.5, 0.6) is 0 Å². The lowest BCUT2D eigenvalue weighted by Crippen LogP contribution is -2.43. The van der Waals surface area contributed by atoms with E-state index in [1.54, 1.807) is 0 Å². The van der Waals surface area contributed by atoms with Gasteiger partial charge in [-0.25, -0.2) is 0 Å². The number of nitrogens with zero attached hydrogens (tertiary/aromatic N) is 1. The zero-order chi connectivity index (χ0) is 13.1. The highest BCUT2D eigenvalue weighted by Gasteiger charge is 2.17. The van der Waals surface area contributed by atoms with Gasteiger partial charge in [-0.05, 0) is 45.4 Å². The second kappa shape index (κ2) is 10.7. The predicted octanol–water partition coefficient (Wildman–Crippen LogP) is 1.08. The molecule has 4 heteroatoms. The van der Waals surface area contributed by atoms with Gasteiger partial charge in [-0.15, -0.1) is 0 Å². The summed E-state index contributed by atoms with van der Waals surface area (Å²) in [5.41, 5.74) is 0. The summed E-state index contributed by atoms with van der Waals surface area (Å²) in [6.07, 6.45) is 3.76. The van der Waals surface area contributed by atoms with Crippen molar-refractivity contribution in [2.24, 2.45) is 0 Å². The quantitative estimate of drug-likeness (QED) is 0.574. The van der Waals surface area contributed by atoms with Gasteiger partial charge >= 0.3 is 0 Å². The van der Waals surface area contributed by atoms with Gasteiger partial charge in [0.2, 0.25) is 0 Å². The molecule has 0 saturated carbocycles. The molecule has 1 aliphatic rings. The molecule has 0 aromatic carbocycles. The summed E-state index contributed by atoms with van der Waals surface area (Å²) in [4.78, 5) is 2.52. The Balaban J connectivity index is 1.88. The van der Waals surface area contributed by atoms with Crippen LogP contribution in [-0.4, -0.2) is 63.4 Å². The van der Waals surface area contributed by atoms with Crippen molar-refractivity contribution in [1.29, 1.82) is 0 Å². The van der Waals surface area contributed by atoms with Crippen LogP contribution in [0.2, 0.25) is 0 Å². The Morgan fingerprint density at radius 2 is 1.89 bits per heavy atom. The SMILES string of the molecule is CCCNCCOCCN1CCC(NCC)CC1. The van der Waals surface area contributed by atoms with E-state index in [0.29, 0.717) is 0 Å². The largest absolute Gasteiger partial charge is 0.379 e. The highest BCUT2D eigenvalue weighted by Crippen LogP contribution is 2.09. The van der Waals surface area contributed by atoms with Gasteiger partial charge in [-0.3, -0.25) is 0 Å². The summed E-state index contributed by atoms with van der Waals surface area (Å²) in [5, 5.41) is 6.88. The highest BCUT2D eigenvalue weighted by molar-refractivity contribution is 4.76. The molecular weight excluding hydrogens is 226 g/mol. The molecule has 0 aliphatic carbocycles. The van der Waals surface area contributed by atoms with Crippen LogP contribution in [0.25, 0.3) is 0 Å². The fourth-order valence-corrected chi connectivity index (χ4v) is 2.39. The Bertz CT molecular complexity index is 182. The van der Waals surface area contributed by atoms with E-state index in [1.807, 2.05) is 0 Å². The zero-order valence-corrected chi connectivity index (χ0v) is 12.2. The minimum absolute atomic E-state index is 0.741. The van der Waals surface area contributed by atoms with Crippen LogP contribution >= 0.6 is 0 Å². The van der Waals surface area contributed by atoms with Gasteiger partial charge in [0.25, 0.3) is 0 Å². The first-order valence-corrected chi connectivity index (χ1v) is 7.61. The molecule has 0 atom stereocenters. The molecule has 0 amide bonds. The van der Waals surface area contributed by atoms with Crippen molar-refractivity contribution in [3.8, 4) is 0 Å². The molecule has 0 spiro atoms. The van der Waals surface area contributed by atoms with E-state index in [2.05, 4.69) is 29.4 Å². The second-order valence-electron chi connectivity index (χ2n) is 5.04. The van der Waals surface area contributed by atoms with Crippen molar-refractivity contribution >= 4 is 0 Å².